The van der Waals surface area contributed by atoms with Crippen molar-refractivity contribution in [2.75, 3.05) is 26.4 Å². The lowest BCUT2D eigenvalue weighted by atomic mass is 9.98. The summed E-state index contributed by atoms with van der Waals surface area (Å²) < 4.78 is 23.1. The Morgan fingerprint density at radius 3 is 2.06 bits per heavy atom. The number of nitrogens with one attached hydrogen (secondary N) is 2. The van der Waals surface area contributed by atoms with E-state index in [1.165, 1.54) is 11.0 Å². The average Bonchev–Trinajstić information content (AvgIpc) is 3.74. The number of rotatable bonds is 14. The van der Waals surface area contributed by atoms with E-state index in [1.807, 2.05) is 90.1 Å². The number of esters is 1. The summed E-state index contributed by atoms with van der Waals surface area (Å²) in [6.45, 7) is 15.2. The smallest absolute Gasteiger partial charge is 0.410 e. The Bertz CT molecular complexity index is 1760. The summed E-state index contributed by atoms with van der Waals surface area (Å²) >= 11 is 0. The van der Waals surface area contributed by atoms with Gasteiger partial charge in [-0.25, -0.2) is 9.59 Å². The van der Waals surface area contributed by atoms with E-state index in [9.17, 15) is 19.2 Å². The van der Waals surface area contributed by atoms with Crippen molar-refractivity contribution >= 4 is 23.9 Å². The molecule has 288 valence electrons. The van der Waals surface area contributed by atoms with Crippen LogP contribution in [-0.4, -0.2) is 84.5 Å². The number of benzene rings is 3. The Morgan fingerprint density at radius 1 is 0.833 bits per heavy atom. The normalized spacial score (nSPS) is 16.4. The van der Waals surface area contributed by atoms with Gasteiger partial charge in [-0.15, -0.1) is 0 Å². The number of amides is 3. The molecule has 0 saturated carbocycles. The molecule has 1 fully saturated rings. The Morgan fingerprint density at radius 2 is 1.46 bits per heavy atom. The van der Waals surface area contributed by atoms with Gasteiger partial charge in [-0.1, -0.05) is 73.3 Å². The minimum atomic E-state index is -1.18. The zero-order chi connectivity index (χ0) is 39.0. The van der Waals surface area contributed by atoms with Gasteiger partial charge in [0.2, 0.25) is 11.8 Å². The maximum Gasteiger partial charge on any atom is 0.410 e. The number of carbonyl (C=O) groups is 4. The SMILES string of the molecule is C=CCOC(=O)[C@H](Cc1ccc(OC(C)(C)C)cc1)NC(=O)[C@H](COC(C)(C)C)NC(=O)[C@@H]1CCCN1C(=O)OCC1c2ccccc2-c2ccccc21. The number of hydrogen-bond acceptors (Lipinski definition) is 8. The Balaban J connectivity index is 1.27. The molecule has 2 N–H and O–H groups in total. The van der Waals surface area contributed by atoms with Crippen molar-refractivity contribution in [3.8, 4) is 16.9 Å². The van der Waals surface area contributed by atoms with E-state index in [1.54, 1.807) is 12.1 Å². The maximum absolute atomic E-state index is 13.9. The molecule has 2 aliphatic rings. The molecule has 0 bridgehead atoms. The summed E-state index contributed by atoms with van der Waals surface area (Å²) in [5.41, 5.74) is 4.16. The standard InChI is InChI=1S/C43H53N3O8/c1-8-24-51-40(49)35(25-28-19-21-29(22-20-28)54-43(5,6)7)44-38(47)36(27-53-42(2,3)4)45-39(48)37-18-13-23-46(37)41(50)52-26-34-32-16-11-9-14-30(32)31-15-10-12-17-33(31)34/h8-12,14-17,19-22,34-37H,1,13,18,23-27H2,2-7H3,(H,44,47)(H,45,48)/t35-,36-,37-/m0/s1. The molecule has 3 aromatic rings. The number of likely N-dealkylation sites (tertiary alicyclic amines) is 1. The van der Waals surface area contributed by atoms with E-state index in [-0.39, 0.29) is 37.8 Å². The van der Waals surface area contributed by atoms with Crippen molar-refractivity contribution < 1.29 is 38.1 Å². The first-order valence-electron chi connectivity index (χ1n) is 18.6. The fraction of sp³-hybridized carbons (Fsp3) is 0.442. The monoisotopic (exact) mass is 739 g/mol. The molecule has 0 aromatic heterocycles. The van der Waals surface area contributed by atoms with Crippen LogP contribution in [0.4, 0.5) is 4.79 Å². The fourth-order valence-corrected chi connectivity index (χ4v) is 6.71. The van der Waals surface area contributed by atoms with Crippen LogP contribution in [-0.2, 0) is 35.0 Å². The van der Waals surface area contributed by atoms with E-state index in [2.05, 4.69) is 29.3 Å². The van der Waals surface area contributed by atoms with Gasteiger partial charge < -0.3 is 29.6 Å². The third kappa shape index (κ3) is 10.5. The van der Waals surface area contributed by atoms with Gasteiger partial charge in [0.05, 0.1) is 12.2 Å². The third-order valence-electron chi connectivity index (χ3n) is 9.17. The van der Waals surface area contributed by atoms with Gasteiger partial charge in [-0.05, 0) is 94.3 Å². The van der Waals surface area contributed by atoms with Gasteiger partial charge >= 0.3 is 12.1 Å². The minimum Gasteiger partial charge on any atom is -0.488 e. The van der Waals surface area contributed by atoms with Crippen LogP contribution in [0.5, 0.6) is 5.75 Å². The number of carbonyl (C=O) groups excluding carboxylic acids is 4. The lowest BCUT2D eigenvalue weighted by Crippen LogP contribution is -2.57. The van der Waals surface area contributed by atoms with Crippen LogP contribution in [0.2, 0.25) is 0 Å². The van der Waals surface area contributed by atoms with Gasteiger partial charge in [0.1, 0.15) is 42.7 Å². The van der Waals surface area contributed by atoms with Crippen LogP contribution in [0.3, 0.4) is 0 Å². The predicted octanol–water partition coefficient (Wildman–Crippen LogP) is 6.33. The second-order valence-electron chi connectivity index (χ2n) is 15.7. The highest BCUT2D eigenvalue weighted by Gasteiger charge is 2.39. The van der Waals surface area contributed by atoms with Crippen molar-refractivity contribution in [3.05, 3.63) is 102 Å². The van der Waals surface area contributed by atoms with Crippen molar-refractivity contribution in [1.82, 2.24) is 15.5 Å². The zero-order valence-corrected chi connectivity index (χ0v) is 32.2. The lowest BCUT2D eigenvalue weighted by Gasteiger charge is -2.29. The Kier molecular flexibility index (Phi) is 12.8. The molecular weight excluding hydrogens is 686 g/mol. The van der Waals surface area contributed by atoms with Crippen LogP contribution in [0.15, 0.2) is 85.5 Å². The first-order valence-corrected chi connectivity index (χ1v) is 18.6. The maximum atomic E-state index is 13.9. The van der Waals surface area contributed by atoms with E-state index in [0.717, 1.165) is 27.8 Å². The summed E-state index contributed by atoms with van der Waals surface area (Å²) in [6.07, 6.45) is 1.96. The Hall–Kier alpha value is -5.16. The predicted molar refractivity (Wildman–Crippen MR) is 206 cm³/mol. The van der Waals surface area contributed by atoms with Crippen molar-refractivity contribution in [2.24, 2.45) is 0 Å². The van der Waals surface area contributed by atoms with E-state index in [0.29, 0.717) is 25.1 Å². The molecule has 1 aliphatic heterocycles. The van der Waals surface area contributed by atoms with Crippen molar-refractivity contribution in [1.29, 1.82) is 0 Å². The molecule has 3 aromatic carbocycles. The molecule has 0 radical (unpaired) electrons. The summed E-state index contributed by atoms with van der Waals surface area (Å²) in [4.78, 5) is 55.9. The molecule has 1 saturated heterocycles. The average molecular weight is 740 g/mol. The number of ether oxygens (including phenoxy) is 4. The van der Waals surface area contributed by atoms with Gasteiger partial charge in [0, 0.05) is 18.9 Å². The zero-order valence-electron chi connectivity index (χ0n) is 32.2. The van der Waals surface area contributed by atoms with Gasteiger partial charge in [0.25, 0.3) is 0 Å². The van der Waals surface area contributed by atoms with E-state index in [4.69, 9.17) is 18.9 Å². The molecule has 0 spiro atoms. The highest BCUT2D eigenvalue weighted by molar-refractivity contribution is 5.93. The number of nitrogens with zero attached hydrogens (tertiary/aromatic N) is 1. The van der Waals surface area contributed by atoms with Crippen molar-refractivity contribution in [2.45, 2.75) is 96.1 Å². The van der Waals surface area contributed by atoms with E-state index < -0.39 is 47.6 Å². The number of hydrogen-bond donors (Lipinski definition) is 2. The molecule has 11 heteroatoms. The van der Waals surface area contributed by atoms with Crippen LogP contribution >= 0.6 is 0 Å². The molecule has 54 heavy (non-hydrogen) atoms. The molecule has 5 rings (SSSR count). The van der Waals surface area contributed by atoms with Crippen LogP contribution in [0.25, 0.3) is 11.1 Å². The van der Waals surface area contributed by atoms with Crippen LogP contribution in [0, 0.1) is 0 Å². The third-order valence-corrected chi connectivity index (χ3v) is 9.17. The van der Waals surface area contributed by atoms with Crippen molar-refractivity contribution in [3.63, 3.8) is 0 Å². The first-order chi connectivity index (χ1) is 25.6. The summed E-state index contributed by atoms with van der Waals surface area (Å²) in [5, 5.41) is 5.59. The Labute approximate surface area is 318 Å². The minimum absolute atomic E-state index is 0.0375. The molecule has 3 amide bonds. The summed E-state index contributed by atoms with van der Waals surface area (Å²) in [5.74, 6) is -1.26. The quantitative estimate of drug-likeness (QED) is 0.145. The van der Waals surface area contributed by atoms with E-state index >= 15 is 0 Å². The summed E-state index contributed by atoms with van der Waals surface area (Å²) in [6, 6.07) is 20.3. The van der Waals surface area contributed by atoms with Gasteiger partial charge in [-0.2, -0.15) is 0 Å². The fourth-order valence-electron chi connectivity index (χ4n) is 6.71. The van der Waals surface area contributed by atoms with Crippen LogP contribution < -0.4 is 15.4 Å². The van der Waals surface area contributed by atoms with Gasteiger partial charge in [0.15, 0.2) is 0 Å². The van der Waals surface area contributed by atoms with Crippen LogP contribution in [0.1, 0.15) is 77.0 Å². The number of fused-ring (bicyclic) bond motifs is 3. The topological polar surface area (TPSA) is 132 Å². The summed E-state index contributed by atoms with van der Waals surface area (Å²) in [7, 11) is 0. The molecule has 1 heterocycles. The molecule has 0 unspecified atom stereocenters. The second kappa shape index (κ2) is 17.3. The highest BCUT2D eigenvalue weighted by Crippen LogP contribution is 2.44. The molecule has 1 aliphatic carbocycles. The first kappa shape index (κ1) is 40.0. The highest BCUT2D eigenvalue weighted by atomic mass is 16.6. The lowest BCUT2D eigenvalue weighted by molar-refractivity contribution is -0.147. The van der Waals surface area contributed by atoms with Gasteiger partial charge in [-0.3, -0.25) is 14.5 Å². The largest absolute Gasteiger partial charge is 0.488 e. The molecular formula is C43H53N3O8. The second-order valence-corrected chi connectivity index (χ2v) is 15.7. The molecule has 3 atom stereocenters. The molecule has 11 nitrogen and oxygen atoms in total.